The second kappa shape index (κ2) is 8.20. The molecule has 20 heavy (non-hydrogen) atoms. The highest BCUT2D eigenvalue weighted by atomic mass is 79.9. The van der Waals surface area contributed by atoms with Crippen molar-refractivity contribution in [3.05, 3.63) is 27.4 Å². The van der Waals surface area contributed by atoms with Crippen LogP contribution in [-0.4, -0.2) is 19.7 Å². The highest BCUT2D eigenvalue weighted by Gasteiger charge is 2.12. The summed E-state index contributed by atoms with van der Waals surface area (Å²) >= 11 is 9.00. The molecule has 0 bridgehead atoms. The molecule has 1 aliphatic carbocycles. The zero-order chi connectivity index (χ0) is 14.4. The number of hydrogen-bond acceptors (Lipinski definition) is 2. The molecule has 2 rings (SSSR count). The Morgan fingerprint density at radius 3 is 2.80 bits per heavy atom. The summed E-state index contributed by atoms with van der Waals surface area (Å²) in [5, 5.41) is 3.51. The second-order valence-corrected chi connectivity index (χ2v) is 6.51. The van der Waals surface area contributed by atoms with E-state index in [1.165, 1.54) is 44.2 Å². The summed E-state index contributed by atoms with van der Waals surface area (Å²) in [6, 6.07) is 2.83. The third kappa shape index (κ3) is 4.90. The summed E-state index contributed by atoms with van der Waals surface area (Å²) in [5.41, 5.74) is 0. The van der Waals surface area contributed by atoms with Crippen molar-refractivity contribution in [2.75, 3.05) is 19.7 Å². The molecule has 112 valence electrons. The van der Waals surface area contributed by atoms with E-state index in [1.54, 1.807) is 0 Å². The van der Waals surface area contributed by atoms with E-state index in [4.69, 9.17) is 16.3 Å². The molecule has 0 radical (unpaired) electrons. The van der Waals surface area contributed by atoms with Crippen LogP contribution in [0.3, 0.4) is 0 Å². The quantitative estimate of drug-likeness (QED) is 0.579. The molecule has 5 heteroatoms. The highest BCUT2D eigenvalue weighted by Crippen LogP contribution is 2.30. The number of ether oxygens (including phenoxy) is 1. The minimum atomic E-state index is -0.458. The first-order valence-electron chi connectivity index (χ1n) is 7.15. The van der Waals surface area contributed by atoms with Crippen LogP contribution in [0.1, 0.15) is 32.1 Å². The Kier molecular flexibility index (Phi) is 6.59. The van der Waals surface area contributed by atoms with E-state index < -0.39 is 5.82 Å². The van der Waals surface area contributed by atoms with Crippen LogP contribution in [0.2, 0.25) is 5.02 Å². The van der Waals surface area contributed by atoms with Crippen LogP contribution in [0, 0.1) is 11.7 Å². The Morgan fingerprint density at radius 1 is 1.30 bits per heavy atom. The molecule has 1 N–H and O–H groups in total. The Balaban J connectivity index is 1.66. The summed E-state index contributed by atoms with van der Waals surface area (Å²) in [5.74, 6) is 0.842. The molecule has 0 heterocycles. The molecule has 1 aromatic rings. The standard InChI is InChI=1S/C15H20BrClFNO/c16-12-8-13(17)14(18)9-15(12)20-7-6-19-10-11-4-2-1-3-5-11/h8-9,11,19H,1-7,10H2. The average molecular weight is 365 g/mol. The van der Waals surface area contributed by atoms with Crippen molar-refractivity contribution < 1.29 is 9.13 Å². The maximum atomic E-state index is 13.3. The van der Waals surface area contributed by atoms with Crippen molar-refractivity contribution in [2.45, 2.75) is 32.1 Å². The van der Waals surface area contributed by atoms with Gasteiger partial charge in [0.15, 0.2) is 0 Å². The fourth-order valence-corrected chi connectivity index (χ4v) is 3.30. The van der Waals surface area contributed by atoms with E-state index in [9.17, 15) is 4.39 Å². The minimum Gasteiger partial charge on any atom is -0.491 e. The second-order valence-electron chi connectivity index (χ2n) is 5.25. The van der Waals surface area contributed by atoms with Gasteiger partial charge in [0.1, 0.15) is 18.2 Å². The topological polar surface area (TPSA) is 21.3 Å². The van der Waals surface area contributed by atoms with Crippen LogP contribution in [0.5, 0.6) is 5.75 Å². The molecule has 1 aromatic carbocycles. The molecule has 1 saturated carbocycles. The van der Waals surface area contributed by atoms with E-state index in [-0.39, 0.29) is 5.02 Å². The molecular formula is C15H20BrClFNO. The molecular weight excluding hydrogens is 345 g/mol. The van der Waals surface area contributed by atoms with Crippen molar-refractivity contribution in [1.82, 2.24) is 5.32 Å². The normalized spacial score (nSPS) is 16.4. The van der Waals surface area contributed by atoms with Gasteiger partial charge in [-0.3, -0.25) is 0 Å². The Bertz CT molecular complexity index is 438. The molecule has 2 nitrogen and oxygen atoms in total. The van der Waals surface area contributed by atoms with Crippen molar-refractivity contribution >= 4 is 27.5 Å². The van der Waals surface area contributed by atoms with Crippen LogP contribution >= 0.6 is 27.5 Å². The third-order valence-electron chi connectivity index (χ3n) is 3.67. The Labute approximate surface area is 133 Å². The third-order valence-corrected chi connectivity index (χ3v) is 4.58. The molecule has 0 saturated heterocycles. The van der Waals surface area contributed by atoms with Gasteiger partial charge in [0.2, 0.25) is 0 Å². The molecule has 0 spiro atoms. The lowest BCUT2D eigenvalue weighted by Gasteiger charge is -2.21. The first-order chi connectivity index (χ1) is 9.66. The van der Waals surface area contributed by atoms with Gasteiger partial charge in [-0.05, 0) is 47.3 Å². The van der Waals surface area contributed by atoms with Gasteiger partial charge in [0, 0.05) is 12.6 Å². The maximum Gasteiger partial charge on any atom is 0.145 e. The first-order valence-corrected chi connectivity index (χ1v) is 8.32. The Hall–Kier alpha value is -0.320. The number of halogens is 3. The predicted molar refractivity (Wildman–Crippen MR) is 84.0 cm³/mol. The van der Waals surface area contributed by atoms with Gasteiger partial charge in [0.25, 0.3) is 0 Å². The van der Waals surface area contributed by atoms with Crippen molar-refractivity contribution in [2.24, 2.45) is 5.92 Å². The van der Waals surface area contributed by atoms with Crippen molar-refractivity contribution in [3.8, 4) is 5.75 Å². The minimum absolute atomic E-state index is 0.0969. The van der Waals surface area contributed by atoms with E-state index in [0.717, 1.165) is 19.0 Å². The van der Waals surface area contributed by atoms with Crippen LogP contribution < -0.4 is 10.1 Å². The summed E-state index contributed by atoms with van der Waals surface area (Å²) in [4.78, 5) is 0. The van der Waals surface area contributed by atoms with Crippen LogP contribution in [0.15, 0.2) is 16.6 Å². The lowest BCUT2D eigenvalue weighted by molar-refractivity contribution is 0.292. The number of nitrogens with one attached hydrogen (secondary N) is 1. The van der Waals surface area contributed by atoms with Gasteiger partial charge in [-0.15, -0.1) is 0 Å². The molecule has 1 fully saturated rings. The summed E-state index contributed by atoms with van der Waals surface area (Å²) in [7, 11) is 0. The van der Waals surface area contributed by atoms with E-state index in [2.05, 4.69) is 21.2 Å². The zero-order valence-corrected chi connectivity index (χ0v) is 13.8. The lowest BCUT2D eigenvalue weighted by Crippen LogP contribution is -2.28. The largest absolute Gasteiger partial charge is 0.491 e. The van der Waals surface area contributed by atoms with Gasteiger partial charge in [-0.25, -0.2) is 4.39 Å². The maximum absolute atomic E-state index is 13.3. The SMILES string of the molecule is Fc1cc(OCCNCC2CCCCC2)c(Br)cc1Cl. The number of rotatable bonds is 6. The predicted octanol–water partition coefficient (Wildman–Crippen LogP) is 4.79. The average Bonchev–Trinajstić information content (AvgIpc) is 2.45. The van der Waals surface area contributed by atoms with Crippen LogP contribution in [0.4, 0.5) is 4.39 Å². The smallest absolute Gasteiger partial charge is 0.145 e. The van der Waals surface area contributed by atoms with Gasteiger partial charge in [-0.1, -0.05) is 30.9 Å². The molecule has 0 atom stereocenters. The van der Waals surface area contributed by atoms with E-state index in [1.807, 2.05) is 0 Å². The van der Waals surface area contributed by atoms with Gasteiger partial charge < -0.3 is 10.1 Å². The molecule has 0 amide bonds. The number of hydrogen-bond donors (Lipinski definition) is 1. The summed E-state index contributed by atoms with van der Waals surface area (Å²) in [6.45, 7) is 2.35. The molecule has 0 aromatic heterocycles. The van der Waals surface area contributed by atoms with Crippen LogP contribution in [0.25, 0.3) is 0 Å². The van der Waals surface area contributed by atoms with Crippen molar-refractivity contribution in [1.29, 1.82) is 0 Å². The zero-order valence-electron chi connectivity index (χ0n) is 11.4. The highest BCUT2D eigenvalue weighted by molar-refractivity contribution is 9.10. The Morgan fingerprint density at radius 2 is 2.05 bits per heavy atom. The monoisotopic (exact) mass is 363 g/mol. The fraction of sp³-hybridized carbons (Fsp3) is 0.600. The van der Waals surface area contributed by atoms with Crippen molar-refractivity contribution in [3.63, 3.8) is 0 Å². The summed E-state index contributed by atoms with van der Waals surface area (Å²) < 4.78 is 19.6. The van der Waals surface area contributed by atoms with Gasteiger partial charge >= 0.3 is 0 Å². The molecule has 1 aliphatic rings. The van der Waals surface area contributed by atoms with E-state index in [0.29, 0.717) is 16.8 Å². The van der Waals surface area contributed by atoms with E-state index >= 15 is 0 Å². The number of benzene rings is 1. The summed E-state index contributed by atoms with van der Waals surface area (Å²) in [6.07, 6.45) is 6.78. The molecule has 0 aliphatic heterocycles. The van der Waals surface area contributed by atoms with Crippen LogP contribution in [-0.2, 0) is 0 Å². The lowest BCUT2D eigenvalue weighted by atomic mass is 9.89. The van der Waals surface area contributed by atoms with Gasteiger partial charge in [-0.2, -0.15) is 0 Å². The first kappa shape index (κ1) is 16.1. The molecule has 0 unspecified atom stereocenters. The van der Waals surface area contributed by atoms with Gasteiger partial charge in [0.05, 0.1) is 9.50 Å². The fourth-order valence-electron chi connectivity index (χ4n) is 2.55.